The number of hydrogen-bond donors (Lipinski definition) is 1. The highest BCUT2D eigenvalue weighted by Crippen LogP contribution is 2.34. The fourth-order valence-electron chi connectivity index (χ4n) is 3.05. The summed E-state index contributed by atoms with van der Waals surface area (Å²) in [6.45, 7) is 3.95. The van der Waals surface area contributed by atoms with Crippen LogP contribution in [0.3, 0.4) is 0 Å². The smallest absolute Gasteiger partial charge is 0.248 e. The third kappa shape index (κ3) is 3.46. The van der Waals surface area contributed by atoms with Gasteiger partial charge in [-0.15, -0.1) is 0 Å². The first-order valence-electron chi connectivity index (χ1n) is 8.72. The van der Waals surface area contributed by atoms with Crippen LogP contribution in [0.2, 0.25) is 0 Å². The van der Waals surface area contributed by atoms with E-state index in [0.29, 0.717) is 17.2 Å². The largest absolute Gasteiger partial charge is 0.454 e. The van der Waals surface area contributed by atoms with Gasteiger partial charge in [-0.1, -0.05) is 0 Å². The third-order valence-corrected chi connectivity index (χ3v) is 4.46. The number of benzene rings is 2. The van der Waals surface area contributed by atoms with E-state index in [1.165, 1.54) is 18.2 Å². The molecule has 1 aliphatic rings. The van der Waals surface area contributed by atoms with Crippen LogP contribution in [0.1, 0.15) is 17.0 Å². The van der Waals surface area contributed by atoms with Crippen molar-refractivity contribution in [2.75, 3.05) is 12.1 Å². The molecule has 0 aliphatic carbocycles. The van der Waals surface area contributed by atoms with Crippen LogP contribution in [0.4, 0.5) is 10.1 Å². The van der Waals surface area contributed by atoms with Gasteiger partial charge < -0.3 is 14.8 Å². The maximum Gasteiger partial charge on any atom is 0.248 e. The highest BCUT2D eigenvalue weighted by molar-refractivity contribution is 6.02. The minimum Gasteiger partial charge on any atom is -0.454 e. The van der Waals surface area contributed by atoms with Gasteiger partial charge in [0.25, 0.3) is 0 Å². The molecule has 4 rings (SSSR count). The second kappa shape index (κ2) is 7.19. The Morgan fingerprint density at radius 3 is 2.68 bits per heavy atom. The number of carbonyl (C=O) groups is 1. The van der Waals surface area contributed by atoms with E-state index in [1.54, 1.807) is 41.1 Å². The van der Waals surface area contributed by atoms with E-state index < -0.39 is 0 Å². The highest BCUT2D eigenvalue weighted by atomic mass is 19.1. The standard InChI is InChI=1S/C21H18FN3O3/c1-13-18(14(2)25(24-13)17-6-3-15(22)4-7-17)8-10-21(26)23-16-5-9-19-20(11-16)28-12-27-19/h3-11H,12H2,1-2H3,(H,23,26)/b10-8+. The topological polar surface area (TPSA) is 65.4 Å². The van der Waals surface area contributed by atoms with E-state index in [4.69, 9.17) is 9.47 Å². The number of nitrogens with zero attached hydrogens (tertiary/aromatic N) is 2. The predicted octanol–water partition coefficient (Wildman–Crippen LogP) is 4.01. The van der Waals surface area contributed by atoms with Crippen LogP contribution in [-0.4, -0.2) is 22.5 Å². The summed E-state index contributed by atoms with van der Waals surface area (Å²) >= 11 is 0. The molecule has 1 aliphatic heterocycles. The molecule has 28 heavy (non-hydrogen) atoms. The molecule has 3 aromatic rings. The monoisotopic (exact) mass is 379 g/mol. The van der Waals surface area contributed by atoms with Gasteiger partial charge in [0.05, 0.1) is 11.4 Å². The third-order valence-electron chi connectivity index (χ3n) is 4.46. The number of aryl methyl sites for hydroxylation is 1. The Bertz CT molecular complexity index is 1070. The first kappa shape index (κ1) is 17.8. The lowest BCUT2D eigenvalue weighted by atomic mass is 10.2. The maximum absolute atomic E-state index is 13.1. The molecule has 0 bridgehead atoms. The number of anilines is 1. The quantitative estimate of drug-likeness (QED) is 0.696. The average Bonchev–Trinajstić information content (AvgIpc) is 3.25. The molecule has 0 radical (unpaired) electrons. The number of fused-ring (bicyclic) bond motifs is 1. The van der Waals surface area contributed by atoms with Crippen molar-refractivity contribution in [3.8, 4) is 17.2 Å². The predicted molar refractivity (Wildman–Crippen MR) is 103 cm³/mol. The van der Waals surface area contributed by atoms with Crippen LogP contribution < -0.4 is 14.8 Å². The first-order chi connectivity index (χ1) is 13.5. The molecule has 6 nitrogen and oxygen atoms in total. The zero-order valence-corrected chi connectivity index (χ0v) is 15.4. The van der Waals surface area contributed by atoms with E-state index in [2.05, 4.69) is 10.4 Å². The van der Waals surface area contributed by atoms with Crippen LogP contribution in [0, 0.1) is 19.7 Å². The number of nitrogens with one attached hydrogen (secondary N) is 1. The minimum atomic E-state index is -0.300. The molecule has 2 aromatic carbocycles. The van der Waals surface area contributed by atoms with Gasteiger partial charge in [0, 0.05) is 29.1 Å². The van der Waals surface area contributed by atoms with Gasteiger partial charge in [0.15, 0.2) is 11.5 Å². The van der Waals surface area contributed by atoms with E-state index >= 15 is 0 Å². The minimum absolute atomic E-state index is 0.184. The Kier molecular flexibility index (Phi) is 4.57. The summed E-state index contributed by atoms with van der Waals surface area (Å²) in [5, 5.41) is 7.29. The average molecular weight is 379 g/mol. The van der Waals surface area contributed by atoms with E-state index in [-0.39, 0.29) is 18.5 Å². The van der Waals surface area contributed by atoms with Crippen molar-refractivity contribution in [2.24, 2.45) is 0 Å². The van der Waals surface area contributed by atoms with Gasteiger partial charge in [-0.25, -0.2) is 9.07 Å². The van der Waals surface area contributed by atoms with Crippen LogP contribution >= 0.6 is 0 Å². The molecule has 0 atom stereocenters. The number of amides is 1. The van der Waals surface area contributed by atoms with Crippen molar-refractivity contribution in [3.63, 3.8) is 0 Å². The van der Waals surface area contributed by atoms with Crippen LogP contribution in [0.15, 0.2) is 48.5 Å². The van der Waals surface area contributed by atoms with Gasteiger partial charge >= 0.3 is 0 Å². The first-order valence-corrected chi connectivity index (χ1v) is 8.72. The van der Waals surface area contributed by atoms with Crippen LogP contribution in [-0.2, 0) is 4.79 Å². The Morgan fingerprint density at radius 2 is 1.89 bits per heavy atom. The Labute approximate surface area is 161 Å². The number of hydrogen-bond acceptors (Lipinski definition) is 4. The molecule has 142 valence electrons. The van der Waals surface area contributed by atoms with Gasteiger partial charge in [-0.3, -0.25) is 4.79 Å². The van der Waals surface area contributed by atoms with E-state index in [9.17, 15) is 9.18 Å². The number of rotatable bonds is 4. The molecule has 0 saturated carbocycles. The number of carbonyl (C=O) groups excluding carboxylic acids is 1. The summed E-state index contributed by atoms with van der Waals surface area (Å²) in [6, 6.07) is 11.3. The van der Waals surface area contributed by atoms with Gasteiger partial charge in [-0.05, 0) is 56.3 Å². The molecule has 2 heterocycles. The van der Waals surface area contributed by atoms with Crippen LogP contribution in [0.5, 0.6) is 11.5 Å². The van der Waals surface area contributed by atoms with E-state index in [0.717, 1.165) is 22.6 Å². The second-order valence-electron chi connectivity index (χ2n) is 6.36. The van der Waals surface area contributed by atoms with Gasteiger partial charge in [0.2, 0.25) is 12.7 Å². The molecule has 0 spiro atoms. The molecule has 0 saturated heterocycles. The van der Waals surface area contributed by atoms with Crippen molar-refractivity contribution in [1.82, 2.24) is 9.78 Å². The Balaban J connectivity index is 1.51. The summed E-state index contributed by atoms with van der Waals surface area (Å²) in [6.07, 6.45) is 3.18. The van der Waals surface area contributed by atoms with Crippen LogP contribution in [0.25, 0.3) is 11.8 Å². The molecular weight excluding hydrogens is 361 g/mol. The zero-order chi connectivity index (χ0) is 19.7. The van der Waals surface area contributed by atoms with Crippen molar-refractivity contribution >= 4 is 17.7 Å². The molecule has 1 N–H and O–H groups in total. The van der Waals surface area contributed by atoms with E-state index in [1.807, 2.05) is 13.8 Å². The summed E-state index contributed by atoms with van der Waals surface area (Å²) in [4.78, 5) is 12.3. The SMILES string of the molecule is Cc1nn(-c2ccc(F)cc2)c(C)c1/C=C/C(=O)Nc1ccc2c(c1)OCO2. The lowest BCUT2D eigenvalue weighted by Gasteiger charge is -2.04. The van der Waals surface area contributed by atoms with Crippen molar-refractivity contribution in [2.45, 2.75) is 13.8 Å². The Morgan fingerprint density at radius 1 is 1.14 bits per heavy atom. The van der Waals surface area contributed by atoms with Gasteiger partial charge in [0.1, 0.15) is 5.82 Å². The normalized spacial score (nSPS) is 12.5. The maximum atomic E-state index is 13.1. The summed E-state index contributed by atoms with van der Waals surface area (Å²) in [7, 11) is 0. The fourth-order valence-corrected chi connectivity index (χ4v) is 3.05. The fraction of sp³-hybridized carbons (Fsp3) is 0.143. The second-order valence-corrected chi connectivity index (χ2v) is 6.36. The summed E-state index contributed by atoms with van der Waals surface area (Å²) < 4.78 is 25.4. The summed E-state index contributed by atoms with van der Waals surface area (Å²) in [5.41, 5.74) is 3.84. The van der Waals surface area contributed by atoms with Crippen molar-refractivity contribution in [1.29, 1.82) is 0 Å². The number of halogens is 1. The molecule has 0 fully saturated rings. The van der Waals surface area contributed by atoms with Gasteiger partial charge in [-0.2, -0.15) is 5.10 Å². The van der Waals surface area contributed by atoms with Crippen molar-refractivity contribution in [3.05, 3.63) is 71.3 Å². The number of ether oxygens (including phenoxy) is 2. The van der Waals surface area contributed by atoms with Crippen molar-refractivity contribution < 1.29 is 18.7 Å². The lowest BCUT2D eigenvalue weighted by Crippen LogP contribution is -2.07. The summed E-state index contributed by atoms with van der Waals surface area (Å²) in [5.74, 6) is 0.694. The molecular formula is C21H18FN3O3. The molecule has 1 amide bonds. The number of aromatic nitrogens is 2. The highest BCUT2D eigenvalue weighted by Gasteiger charge is 2.14. The molecule has 1 aromatic heterocycles. The molecule has 0 unspecified atom stereocenters. The Hall–Kier alpha value is -3.61. The zero-order valence-electron chi connectivity index (χ0n) is 15.4. The lowest BCUT2D eigenvalue weighted by molar-refractivity contribution is -0.111. The molecule has 7 heteroatoms.